The molecule has 1 aliphatic rings. The summed E-state index contributed by atoms with van der Waals surface area (Å²) in [5, 5.41) is 8.59. The van der Waals surface area contributed by atoms with E-state index in [0.717, 1.165) is 40.8 Å². The van der Waals surface area contributed by atoms with Crippen molar-refractivity contribution in [3.63, 3.8) is 0 Å². The van der Waals surface area contributed by atoms with Crippen LogP contribution in [0.15, 0.2) is 47.8 Å². The van der Waals surface area contributed by atoms with E-state index in [4.69, 9.17) is 0 Å². The molecular formula is C19H17N7O. The van der Waals surface area contributed by atoms with E-state index in [1.54, 1.807) is 12.4 Å². The highest BCUT2D eigenvalue weighted by Crippen LogP contribution is 2.21. The lowest BCUT2D eigenvalue weighted by molar-refractivity contribution is 0.240. The number of aromatic nitrogens is 6. The average molecular weight is 359 g/mol. The molecule has 0 saturated carbocycles. The monoisotopic (exact) mass is 359 g/mol. The van der Waals surface area contributed by atoms with Crippen LogP contribution >= 0.6 is 0 Å². The summed E-state index contributed by atoms with van der Waals surface area (Å²) in [5.41, 5.74) is 4.21. The predicted molar refractivity (Wildman–Crippen MR) is 99.8 cm³/mol. The van der Waals surface area contributed by atoms with Crippen molar-refractivity contribution in [3.8, 4) is 11.4 Å². The molecule has 0 spiro atoms. The standard InChI is InChI=1S/C19H17N7O/c27-19-14-9-26(10-17-13-3-1-2-4-16(13)24-25-17)6-5-15(14)22-18(23-19)12-7-20-11-21-8-12/h1-4,7-8,11H,5-6,9-10H2,(H,24,25)(H,22,23,27). The van der Waals surface area contributed by atoms with Crippen molar-refractivity contribution < 1.29 is 0 Å². The number of aromatic amines is 2. The Morgan fingerprint density at radius 1 is 1.15 bits per heavy atom. The first kappa shape index (κ1) is 15.8. The highest BCUT2D eigenvalue weighted by Gasteiger charge is 2.22. The van der Waals surface area contributed by atoms with Gasteiger partial charge in [-0.2, -0.15) is 5.10 Å². The molecule has 0 aliphatic carbocycles. The number of para-hydroxylation sites is 1. The molecule has 4 aromatic rings. The fraction of sp³-hybridized carbons (Fsp3) is 0.211. The summed E-state index contributed by atoms with van der Waals surface area (Å²) in [4.78, 5) is 30.4. The zero-order valence-corrected chi connectivity index (χ0v) is 14.5. The normalized spacial score (nSPS) is 14.4. The van der Waals surface area contributed by atoms with Crippen molar-refractivity contribution >= 4 is 10.9 Å². The number of fused-ring (bicyclic) bond motifs is 2. The second-order valence-electron chi connectivity index (χ2n) is 6.65. The number of H-pyrrole nitrogens is 2. The Morgan fingerprint density at radius 2 is 2.00 bits per heavy atom. The van der Waals surface area contributed by atoms with Gasteiger partial charge in [0.2, 0.25) is 0 Å². The second kappa shape index (κ2) is 6.40. The number of benzene rings is 1. The molecule has 3 aromatic heterocycles. The van der Waals surface area contributed by atoms with Crippen molar-refractivity contribution in [2.45, 2.75) is 19.5 Å². The number of nitrogens with zero attached hydrogens (tertiary/aromatic N) is 5. The van der Waals surface area contributed by atoms with Gasteiger partial charge >= 0.3 is 0 Å². The Hall–Kier alpha value is -3.39. The van der Waals surface area contributed by atoms with Gasteiger partial charge in [-0.1, -0.05) is 18.2 Å². The molecule has 8 heteroatoms. The number of nitrogens with one attached hydrogen (secondary N) is 2. The fourth-order valence-corrected chi connectivity index (χ4v) is 3.53. The van der Waals surface area contributed by atoms with E-state index in [1.807, 2.05) is 18.2 Å². The van der Waals surface area contributed by atoms with E-state index in [2.05, 4.69) is 41.1 Å². The van der Waals surface area contributed by atoms with E-state index in [-0.39, 0.29) is 5.56 Å². The first-order valence-corrected chi connectivity index (χ1v) is 8.80. The van der Waals surface area contributed by atoms with Gasteiger partial charge in [0.1, 0.15) is 12.2 Å². The first-order valence-electron chi connectivity index (χ1n) is 8.80. The van der Waals surface area contributed by atoms with Gasteiger partial charge < -0.3 is 4.98 Å². The zero-order valence-electron chi connectivity index (χ0n) is 14.5. The van der Waals surface area contributed by atoms with E-state index in [1.165, 1.54) is 6.33 Å². The number of hydrogen-bond acceptors (Lipinski definition) is 6. The molecule has 1 aliphatic heterocycles. The van der Waals surface area contributed by atoms with Gasteiger partial charge in [-0.25, -0.2) is 15.0 Å². The molecule has 5 rings (SSSR count). The fourth-order valence-electron chi connectivity index (χ4n) is 3.53. The van der Waals surface area contributed by atoms with Gasteiger partial charge in [0.05, 0.1) is 28.0 Å². The molecule has 0 fully saturated rings. The molecule has 0 bridgehead atoms. The smallest absolute Gasteiger partial charge is 0.255 e. The Labute approximate surface area is 154 Å². The van der Waals surface area contributed by atoms with Crippen molar-refractivity contribution in [2.75, 3.05) is 6.54 Å². The molecule has 2 N–H and O–H groups in total. The molecule has 134 valence electrons. The third-order valence-electron chi connectivity index (χ3n) is 4.90. The number of hydrogen-bond donors (Lipinski definition) is 2. The number of rotatable bonds is 3. The Balaban J connectivity index is 1.42. The summed E-state index contributed by atoms with van der Waals surface area (Å²) in [6.45, 7) is 2.12. The molecular weight excluding hydrogens is 342 g/mol. The van der Waals surface area contributed by atoms with Gasteiger partial charge in [-0.3, -0.25) is 14.8 Å². The summed E-state index contributed by atoms with van der Waals surface area (Å²) < 4.78 is 0. The average Bonchev–Trinajstić information content (AvgIpc) is 3.12. The Morgan fingerprint density at radius 3 is 2.89 bits per heavy atom. The zero-order chi connectivity index (χ0) is 18.2. The van der Waals surface area contributed by atoms with Gasteiger partial charge in [0.25, 0.3) is 5.56 Å². The largest absolute Gasteiger partial charge is 0.306 e. The van der Waals surface area contributed by atoms with Crippen molar-refractivity contribution in [2.24, 2.45) is 0 Å². The molecule has 27 heavy (non-hydrogen) atoms. The highest BCUT2D eigenvalue weighted by atomic mass is 16.1. The van der Waals surface area contributed by atoms with Crippen LogP contribution in [0.5, 0.6) is 0 Å². The Kier molecular flexibility index (Phi) is 3.75. The molecule has 0 atom stereocenters. The predicted octanol–water partition coefficient (Wildman–Crippen LogP) is 1.66. The third kappa shape index (κ3) is 2.89. The summed E-state index contributed by atoms with van der Waals surface area (Å²) >= 11 is 0. The molecule has 0 amide bonds. The molecule has 0 unspecified atom stereocenters. The minimum atomic E-state index is -0.0991. The lowest BCUT2D eigenvalue weighted by Gasteiger charge is -2.27. The summed E-state index contributed by atoms with van der Waals surface area (Å²) in [5.74, 6) is 0.521. The van der Waals surface area contributed by atoms with Crippen LogP contribution in [-0.4, -0.2) is 41.6 Å². The Bertz CT molecular complexity index is 1170. The van der Waals surface area contributed by atoms with Crippen LogP contribution in [0, 0.1) is 0 Å². The summed E-state index contributed by atoms with van der Waals surface area (Å²) in [6.07, 6.45) is 5.48. The maximum Gasteiger partial charge on any atom is 0.255 e. The van der Waals surface area contributed by atoms with E-state index in [0.29, 0.717) is 24.5 Å². The van der Waals surface area contributed by atoms with Crippen LogP contribution in [0.3, 0.4) is 0 Å². The van der Waals surface area contributed by atoms with Crippen LogP contribution in [-0.2, 0) is 19.5 Å². The van der Waals surface area contributed by atoms with E-state index < -0.39 is 0 Å². The molecule has 0 radical (unpaired) electrons. The molecule has 1 aromatic carbocycles. The van der Waals surface area contributed by atoms with Crippen LogP contribution in [0.4, 0.5) is 0 Å². The minimum absolute atomic E-state index is 0.0991. The molecule has 8 nitrogen and oxygen atoms in total. The van der Waals surface area contributed by atoms with Crippen LogP contribution in [0.25, 0.3) is 22.3 Å². The van der Waals surface area contributed by atoms with Gasteiger partial charge in [-0.15, -0.1) is 0 Å². The maximum absolute atomic E-state index is 12.6. The van der Waals surface area contributed by atoms with Crippen molar-refractivity contribution in [1.82, 2.24) is 35.0 Å². The lowest BCUT2D eigenvalue weighted by Crippen LogP contribution is -2.35. The van der Waals surface area contributed by atoms with Gasteiger partial charge in [-0.05, 0) is 6.07 Å². The van der Waals surface area contributed by atoms with Crippen molar-refractivity contribution in [3.05, 3.63) is 70.3 Å². The van der Waals surface area contributed by atoms with E-state index in [9.17, 15) is 4.79 Å². The van der Waals surface area contributed by atoms with Crippen LogP contribution in [0.2, 0.25) is 0 Å². The summed E-state index contributed by atoms with van der Waals surface area (Å²) in [6, 6.07) is 8.04. The second-order valence-corrected chi connectivity index (χ2v) is 6.65. The topological polar surface area (TPSA) is 103 Å². The summed E-state index contributed by atoms with van der Waals surface area (Å²) in [7, 11) is 0. The highest BCUT2D eigenvalue weighted by molar-refractivity contribution is 5.81. The van der Waals surface area contributed by atoms with Gasteiger partial charge in [0.15, 0.2) is 0 Å². The van der Waals surface area contributed by atoms with Crippen molar-refractivity contribution in [1.29, 1.82) is 0 Å². The molecule has 0 saturated heterocycles. The SMILES string of the molecule is O=c1[nH]c(-c2cncnc2)nc2c1CN(Cc1[nH]nc3ccccc13)CC2. The quantitative estimate of drug-likeness (QED) is 0.577. The molecule has 4 heterocycles. The maximum atomic E-state index is 12.6. The lowest BCUT2D eigenvalue weighted by atomic mass is 10.1. The van der Waals surface area contributed by atoms with Crippen LogP contribution < -0.4 is 5.56 Å². The van der Waals surface area contributed by atoms with Gasteiger partial charge in [0, 0.05) is 43.8 Å². The van der Waals surface area contributed by atoms with E-state index >= 15 is 0 Å². The minimum Gasteiger partial charge on any atom is -0.306 e. The van der Waals surface area contributed by atoms with Crippen LogP contribution in [0.1, 0.15) is 17.0 Å². The first-order chi connectivity index (χ1) is 13.3. The third-order valence-corrected chi connectivity index (χ3v) is 4.90.